The number of fused-ring (bicyclic) bond motifs is 1. The maximum absolute atomic E-state index is 13.2. The number of amides is 1. The van der Waals surface area contributed by atoms with E-state index in [1.54, 1.807) is 0 Å². The van der Waals surface area contributed by atoms with Crippen LogP contribution < -0.4 is 4.90 Å². The number of halogens is 1. The van der Waals surface area contributed by atoms with Gasteiger partial charge in [0.1, 0.15) is 11.5 Å². The van der Waals surface area contributed by atoms with Crippen molar-refractivity contribution in [2.45, 2.75) is 26.3 Å². The van der Waals surface area contributed by atoms with Crippen LogP contribution in [0.4, 0.5) is 10.1 Å². The van der Waals surface area contributed by atoms with Crippen molar-refractivity contribution in [1.29, 1.82) is 0 Å². The van der Waals surface area contributed by atoms with E-state index in [4.69, 9.17) is 0 Å². The highest BCUT2D eigenvalue weighted by Crippen LogP contribution is 2.22. The number of anilines is 1. The van der Waals surface area contributed by atoms with Crippen molar-refractivity contribution in [2.24, 2.45) is 5.16 Å². The van der Waals surface area contributed by atoms with E-state index in [2.05, 4.69) is 15.0 Å². The van der Waals surface area contributed by atoms with E-state index in [1.807, 2.05) is 40.8 Å². The third-order valence-electron chi connectivity index (χ3n) is 6.31. The van der Waals surface area contributed by atoms with Crippen LogP contribution in [0.25, 0.3) is 0 Å². The summed E-state index contributed by atoms with van der Waals surface area (Å²) in [5.41, 5.74) is 3.01. The van der Waals surface area contributed by atoms with Crippen LogP contribution in [-0.4, -0.2) is 77.0 Å². The number of aromatic nitrogens is 1. The summed E-state index contributed by atoms with van der Waals surface area (Å²) in [7, 11) is 0. The summed E-state index contributed by atoms with van der Waals surface area (Å²) in [5.74, 6) is -0.192. The molecule has 0 unspecified atom stereocenters. The lowest BCUT2D eigenvalue weighted by Crippen LogP contribution is -2.47. The second-order valence-electron chi connectivity index (χ2n) is 8.11. The van der Waals surface area contributed by atoms with Crippen molar-refractivity contribution < 1.29 is 14.4 Å². The zero-order valence-electron chi connectivity index (χ0n) is 18.0. The number of benzene rings is 1. The lowest BCUT2D eigenvalue weighted by molar-refractivity contribution is 0.0744. The van der Waals surface area contributed by atoms with E-state index in [-0.39, 0.29) is 11.7 Å². The van der Waals surface area contributed by atoms with Gasteiger partial charge in [-0.1, -0.05) is 5.16 Å². The van der Waals surface area contributed by atoms with Gasteiger partial charge in [-0.2, -0.15) is 0 Å². The number of piperazine rings is 1. The van der Waals surface area contributed by atoms with Crippen molar-refractivity contribution in [2.75, 3.05) is 50.7 Å². The number of aryl methyl sites for hydroxylation is 1. The maximum Gasteiger partial charge on any atom is 0.271 e. The molecule has 1 amide bonds. The molecule has 4 rings (SSSR count). The highest BCUT2D eigenvalue weighted by molar-refractivity contribution is 6.11. The smallest absolute Gasteiger partial charge is 0.271 e. The van der Waals surface area contributed by atoms with Crippen LogP contribution in [0.2, 0.25) is 0 Å². The lowest BCUT2D eigenvalue weighted by Gasteiger charge is -2.36. The molecule has 0 aliphatic carbocycles. The second-order valence-corrected chi connectivity index (χ2v) is 8.11. The summed E-state index contributed by atoms with van der Waals surface area (Å²) in [6.07, 6.45) is 3.34. The Kier molecular flexibility index (Phi) is 6.56. The van der Waals surface area contributed by atoms with Gasteiger partial charge in [-0.15, -0.1) is 0 Å². The zero-order valence-corrected chi connectivity index (χ0v) is 18.0. The van der Waals surface area contributed by atoms with Crippen LogP contribution >= 0.6 is 0 Å². The minimum atomic E-state index is -0.207. The first kappa shape index (κ1) is 21.4. The fourth-order valence-corrected chi connectivity index (χ4v) is 4.52. The molecule has 1 fully saturated rings. The molecule has 1 aromatic carbocycles. The molecule has 0 radical (unpaired) electrons. The molecule has 1 N–H and O–H groups in total. The molecule has 8 heteroatoms. The molecule has 0 atom stereocenters. The maximum atomic E-state index is 13.2. The van der Waals surface area contributed by atoms with E-state index < -0.39 is 0 Å². The molecule has 2 aliphatic rings. The van der Waals surface area contributed by atoms with Gasteiger partial charge in [0.25, 0.3) is 5.91 Å². The first-order valence-electron chi connectivity index (χ1n) is 11.0. The van der Waals surface area contributed by atoms with E-state index >= 15 is 0 Å². The first-order valence-corrected chi connectivity index (χ1v) is 11.0. The molecule has 2 aromatic rings. The second kappa shape index (κ2) is 9.51. The molecule has 7 nitrogen and oxygen atoms in total. The van der Waals surface area contributed by atoms with E-state index in [1.165, 1.54) is 12.1 Å². The Balaban J connectivity index is 1.30. The molecule has 3 heterocycles. The number of hydrogen-bond donors (Lipinski definition) is 1. The van der Waals surface area contributed by atoms with Crippen molar-refractivity contribution >= 4 is 17.3 Å². The SMILES string of the molecule is CCn1ccc2c1C(=O)N(CCCN1CCN(c3ccc(F)cc3)CC1)CC/C2=N/O. The Morgan fingerprint density at radius 3 is 2.45 bits per heavy atom. The molecule has 0 spiro atoms. The molecule has 1 aromatic heterocycles. The molecule has 31 heavy (non-hydrogen) atoms. The van der Waals surface area contributed by atoms with Gasteiger partial charge in [-0.3, -0.25) is 9.69 Å². The van der Waals surface area contributed by atoms with Crippen LogP contribution in [0.1, 0.15) is 35.8 Å². The molecular formula is C23H30FN5O2. The topological polar surface area (TPSA) is 64.3 Å². The summed E-state index contributed by atoms with van der Waals surface area (Å²) in [6.45, 7) is 8.62. The Labute approximate surface area is 182 Å². The molecule has 1 saturated heterocycles. The number of carbonyl (C=O) groups is 1. The van der Waals surface area contributed by atoms with Crippen LogP contribution in [0.15, 0.2) is 41.7 Å². The third-order valence-corrected chi connectivity index (χ3v) is 6.31. The Hall–Kier alpha value is -2.87. The normalized spacial score (nSPS) is 19.0. The van der Waals surface area contributed by atoms with Gasteiger partial charge >= 0.3 is 0 Å². The van der Waals surface area contributed by atoms with Gasteiger partial charge in [0.15, 0.2) is 0 Å². The third kappa shape index (κ3) is 4.58. The van der Waals surface area contributed by atoms with Gasteiger partial charge in [0, 0.05) is 69.7 Å². The Bertz CT molecular complexity index is 932. The van der Waals surface area contributed by atoms with Crippen LogP contribution in [0, 0.1) is 5.82 Å². The van der Waals surface area contributed by atoms with Gasteiger partial charge in [-0.05, 0) is 50.2 Å². The summed E-state index contributed by atoms with van der Waals surface area (Å²) in [6, 6.07) is 8.55. The monoisotopic (exact) mass is 427 g/mol. The minimum Gasteiger partial charge on any atom is -0.411 e. The van der Waals surface area contributed by atoms with E-state index in [0.29, 0.717) is 37.5 Å². The first-order chi connectivity index (χ1) is 15.1. The van der Waals surface area contributed by atoms with Crippen molar-refractivity contribution in [1.82, 2.24) is 14.4 Å². The molecule has 2 aliphatic heterocycles. The number of oxime groups is 1. The number of rotatable bonds is 6. The average Bonchev–Trinajstić information content (AvgIpc) is 3.17. The van der Waals surface area contributed by atoms with Crippen molar-refractivity contribution in [3.63, 3.8) is 0 Å². The van der Waals surface area contributed by atoms with Gasteiger partial charge in [-0.25, -0.2) is 4.39 Å². The summed E-state index contributed by atoms with van der Waals surface area (Å²) >= 11 is 0. The van der Waals surface area contributed by atoms with E-state index in [9.17, 15) is 14.4 Å². The summed E-state index contributed by atoms with van der Waals surface area (Å²) < 4.78 is 15.1. The van der Waals surface area contributed by atoms with Crippen LogP contribution in [0.3, 0.4) is 0 Å². The Morgan fingerprint density at radius 2 is 1.77 bits per heavy atom. The van der Waals surface area contributed by atoms with Crippen LogP contribution in [-0.2, 0) is 6.54 Å². The van der Waals surface area contributed by atoms with Gasteiger partial charge in [0.2, 0.25) is 0 Å². The molecular weight excluding hydrogens is 397 g/mol. The average molecular weight is 428 g/mol. The molecule has 0 bridgehead atoms. The zero-order chi connectivity index (χ0) is 21.8. The van der Waals surface area contributed by atoms with Gasteiger partial charge < -0.3 is 19.6 Å². The number of hydrogen-bond acceptors (Lipinski definition) is 5. The molecule has 0 saturated carbocycles. The van der Waals surface area contributed by atoms with Crippen molar-refractivity contribution in [3.8, 4) is 0 Å². The lowest BCUT2D eigenvalue weighted by atomic mass is 10.1. The Morgan fingerprint density at radius 1 is 1.03 bits per heavy atom. The van der Waals surface area contributed by atoms with E-state index in [0.717, 1.165) is 50.4 Å². The predicted molar refractivity (Wildman–Crippen MR) is 119 cm³/mol. The molecule has 166 valence electrons. The quantitative estimate of drug-likeness (QED) is 0.569. The summed E-state index contributed by atoms with van der Waals surface area (Å²) in [4.78, 5) is 19.8. The predicted octanol–water partition coefficient (Wildman–Crippen LogP) is 2.88. The summed E-state index contributed by atoms with van der Waals surface area (Å²) in [5, 5.41) is 12.8. The standard InChI is InChI=1S/C23H30FN5O2/c1-2-27-12-8-20-21(25-31)9-13-29(23(30)22(20)27)11-3-10-26-14-16-28(17-15-26)19-6-4-18(24)5-7-19/h4-8,12,31H,2-3,9-11,13-17H2,1H3/b25-21-. The largest absolute Gasteiger partial charge is 0.411 e. The number of carbonyl (C=O) groups excluding carboxylic acids is 1. The van der Waals surface area contributed by atoms with Crippen molar-refractivity contribution in [3.05, 3.63) is 53.6 Å². The van der Waals surface area contributed by atoms with Crippen LogP contribution in [0.5, 0.6) is 0 Å². The highest BCUT2D eigenvalue weighted by Gasteiger charge is 2.29. The fraction of sp³-hybridized carbons (Fsp3) is 0.478. The fourth-order valence-electron chi connectivity index (χ4n) is 4.52. The van der Waals surface area contributed by atoms with Gasteiger partial charge in [0.05, 0.1) is 5.71 Å². The minimum absolute atomic E-state index is 0.0154. The highest BCUT2D eigenvalue weighted by atomic mass is 19.1. The number of nitrogens with zero attached hydrogens (tertiary/aromatic N) is 5.